The quantitative estimate of drug-likeness (QED) is 0.738. The van der Waals surface area contributed by atoms with Crippen molar-refractivity contribution in [1.29, 1.82) is 0 Å². The Labute approximate surface area is 103 Å². The van der Waals surface area contributed by atoms with Gasteiger partial charge in [0.15, 0.2) is 0 Å². The number of imide groups is 1. The third kappa shape index (κ3) is 2.68. The molecule has 2 amide bonds. The zero-order valence-electron chi connectivity index (χ0n) is 11.0. The molecular formula is C13H22N2O2. The zero-order chi connectivity index (χ0) is 12.6. The number of nitrogens with zero attached hydrogens (tertiary/aromatic N) is 1. The highest BCUT2D eigenvalue weighted by Gasteiger charge is 2.38. The minimum absolute atomic E-state index is 0.0661. The third-order valence-electron chi connectivity index (χ3n) is 4.16. The molecule has 4 nitrogen and oxygen atoms in total. The molecule has 2 fully saturated rings. The Morgan fingerprint density at radius 3 is 2.29 bits per heavy atom. The van der Waals surface area contributed by atoms with Gasteiger partial charge < -0.3 is 5.32 Å². The van der Waals surface area contributed by atoms with Crippen LogP contribution in [0.1, 0.15) is 46.0 Å². The van der Waals surface area contributed by atoms with Crippen molar-refractivity contribution in [3.05, 3.63) is 0 Å². The number of likely N-dealkylation sites (N-methyl/N-ethyl adjacent to an activating group) is 1. The number of hydrogen-bond donors (Lipinski definition) is 1. The second-order valence-corrected chi connectivity index (χ2v) is 6.15. The fourth-order valence-electron chi connectivity index (χ4n) is 2.74. The molecule has 0 spiro atoms. The lowest BCUT2D eigenvalue weighted by molar-refractivity contribution is -0.137. The summed E-state index contributed by atoms with van der Waals surface area (Å²) in [6, 6.07) is 0.120. The Balaban J connectivity index is 1.87. The monoisotopic (exact) mass is 238 g/mol. The first kappa shape index (κ1) is 12.6. The fourth-order valence-corrected chi connectivity index (χ4v) is 2.74. The van der Waals surface area contributed by atoms with Crippen molar-refractivity contribution in [2.24, 2.45) is 5.41 Å². The molecule has 1 atom stereocenters. The minimum Gasteiger partial charge on any atom is -0.303 e. The number of hydrogen-bond acceptors (Lipinski definition) is 3. The van der Waals surface area contributed by atoms with Crippen molar-refractivity contribution in [1.82, 2.24) is 10.2 Å². The summed E-state index contributed by atoms with van der Waals surface area (Å²) >= 11 is 0. The van der Waals surface area contributed by atoms with Crippen LogP contribution in [0.4, 0.5) is 0 Å². The van der Waals surface area contributed by atoms with Crippen LogP contribution in [-0.2, 0) is 9.59 Å². The fraction of sp³-hybridized carbons (Fsp3) is 0.846. The molecule has 2 rings (SSSR count). The molecule has 1 saturated carbocycles. The molecule has 0 bridgehead atoms. The Morgan fingerprint density at radius 2 is 1.82 bits per heavy atom. The smallest absolute Gasteiger partial charge is 0.246 e. The lowest BCUT2D eigenvalue weighted by atomic mass is 9.75. The summed E-state index contributed by atoms with van der Waals surface area (Å²) in [5.41, 5.74) is 0.435. The van der Waals surface area contributed by atoms with E-state index in [4.69, 9.17) is 0 Å². The summed E-state index contributed by atoms with van der Waals surface area (Å²) in [4.78, 5) is 24.4. The van der Waals surface area contributed by atoms with E-state index in [0.717, 1.165) is 12.8 Å². The number of rotatable bonds is 2. The maximum absolute atomic E-state index is 11.8. The van der Waals surface area contributed by atoms with Gasteiger partial charge in [-0.25, -0.2) is 0 Å². The first-order valence-corrected chi connectivity index (χ1v) is 6.45. The van der Waals surface area contributed by atoms with E-state index in [9.17, 15) is 9.59 Å². The standard InChI is InChI=1S/C13H22N2O2/c1-13(2)6-4-9(5-7-13)14-10-8-11(16)15(3)12(10)17/h9-10,14H,4-8H2,1-3H3. The van der Waals surface area contributed by atoms with Gasteiger partial charge >= 0.3 is 0 Å². The van der Waals surface area contributed by atoms with Gasteiger partial charge in [0.1, 0.15) is 0 Å². The predicted octanol–water partition coefficient (Wildman–Crippen LogP) is 1.30. The molecule has 1 heterocycles. The van der Waals surface area contributed by atoms with Gasteiger partial charge in [-0.05, 0) is 31.1 Å². The summed E-state index contributed by atoms with van der Waals surface area (Å²) in [7, 11) is 1.57. The zero-order valence-corrected chi connectivity index (χ0v) is 11.0. The van der Waals surface area contributed by atoms with E-state index in [1.54, 1.807) is 7.05 Å². The number of amides is 2. The summed E-state index contributed by atoms with van der Waals surface area (Å²) in [6.07, 6.45) is 4.92. The molecule has 96 valence electrons. The van der Waals surface area contributed by atoms with Gasteiger partial charge in [-0.1, -0.05) is 13.8 Å². The molecule has 17 heavy (non-hydrogen) atoms. The van der Waals surface area contributed by atoms with Crippen molar-refractivity contribution in [2.45, 2.75) is 58.0 Å². The molecule has 4 heteroatoms. The van der Waals surface area contributed by atoms with Crippen LogP contribution in [0.15, 0.2) is 0 Å². The minimum atomic E-state index is -0.279. The summed E-state index contributed by atoms with van der Waals surface area (Å²) < 4.78 is 0. The second-order valence-electron chi connectivity index (χ2n) is 6.15. The normalized spacial score (nSPS) is 30.1. The van der Waals surface area contributed by atoms with Crippen LogP contribution in [0.2, 0.25) is 0 Å². The molecule has 0 aromatic rings. The van der Waals surface area contributed by atoms with Gasteiger partial charge in [-0.3, -0.25) is 14.5 Å². The van der Waals surface area contributed by atoms with Crippen molar-refractivity contribution in [3.8, 4) is 0 Å². The van der Waals surface area contributed by atoms with Crippen LogP contribution in [0.3, 0.4) is 0 Å². The van der Waals surface area contributed by atoms with Crippen LogP contribution in [0, 0.1) is 5.41 Å². The highest BCUT2D eigenvalue weighted by atomic mass is 16.2. The molecule has 1 aliphatic heterocycles. The molecule has 1 aliphatic carbocycles. The van der Waals surface area contributed by atoms with Gasteiger partial charge in [-0.15, -0.1) is 0 Å². The molecule has 1 saturated heterocycles. The van der Waals surface area contributed by atoms with E-state index in [1.807, 2.05) is 0 Å². The molecular weight excluding hydrogens is 216 g/mol. The largest absolute Gasteiger partial charge is 0.303 e. The van der Waals surface area contributed by atoms with Crippen LogP contribution in [0.25, 0.3) is 0 Å². The maximum Gasteiger partial charge on any atom is 0.246 e. The maximum atomic E-state index is 11.8. The molecule has 0 aromatic carbocycles. The summed E-state index contributed by atoms with van der Waals surface area (Å²) in [5, 5.41) is 3.35. The van der Waals surface area contributed by atoms with E-state index in [2.05, 4.69) is 19.2 Å². The number of nitrogens with one attached hydrogen (secondary N) is 1. The average molecular weight is 238 g/mol. The van der Waals surface area contributed by atoms with Gasteiger partial charge in [0.25, 0.3) is 0 Å². The van der Waals surface area contributed by atoms with Gasteiger partial charge in [-0.2, -0.15) is 0 Å². The lowest BCUT2D eigenvalue weighted by Gasteiger charge is -2.35. The van der Waals surface area contributed by atoms with E-state index in [1.165, 1.54) is 17.7 Å². The number of likely N-dealkylation sites (tertiary alicyclic amines) is 1. The SMILES string of the molecule is CN1C(=O)CC(NC2CCC(C)(C)CC2)C1=O. The van der Waals surface area contributed by atoms with E-state index in [-0.39, 0.29) is 17.9 Å². The second kappa shape index (κ2) is 4.41. The van der Waals surface area contributed by atoms with Crippen molar-refractivity contribution >= 4 is 11.8 Å². The van der Waals surface area contributed by atoms with Crippen molar-refractivity contribution < 1.29 is 9.59 Å². The Bertz CT molecular complexity index is 328. The van der Waals surface area contributed by atoms with Crippen LogP contribution < -0.4 is 5.32 Å². The van der Waals surface area contributed by atoms with E-state index < -0.39 is 0 Å². The van der Waals surface area contributed by atoms with Crippen molar-refractivity contribution in [2.75, 3.05) is 7.05 Å². The predicted molar refractivity (Wildman–Crippen MR) is 65.4 cm³/mol. The van der Waals surface area contributed by atoms with Gasteiger partial charge in [0, 0.05) is 13.1 Å². The molecule has 0 aromatic heterocycles. The van der Waals surface area contributed by atoms with Crippen LogP contribution in [0.5, 0.6) is 0 Å². The van der Waals surface area contributed by atoms with E-state index in [0.29, 0.717) is 17.9 Å². The van der Waals surface area contributed by atoms with Crippen molar-refractivity contribution in [3.63, 3.8) is 0 Å². The number of carbonyl (C=O) groups excluding carboxylic acids is 2. The summed E-state index contributed by atoms with van der Waals surface area (Å²) in [6.45, 7) is 4.59. The average Bonchev–Trinajstić information content (AvgIpc) is 2.50. The van der Waals surface area contributed by atoms with Gasteiger partial charge in [0.2, 0.25) is 11.8 Å². The molecule has 0 radical (unpaired) electrons. The third-order valence-corrected chi connectivity index (χ3v) is 4.16. The first-order valence-electron chi connectivity index (χ1n) is 6.45. The Morgan fingerprint density at radius 1 is 1.24 bits per heavy atom. The Hall–Kier alpha value is -0.900. The topological polar surface area (TPSA) is 49.4 Å². The summed E-state index contributed by atoms with van der Waals surface area (Å²) in [5.74, 6) is -0.136. The van der Waals surface area contributed by atoms with E-state index >= 15 is 0 Å². The van der Waals surface area contributed by atoms with Crippen LogP contribution in [-0.4, -0.2) is 35.8 Å². The molecule has 1 N–H and O–H groups in total. The molecule has 2 aliphatic rings. The lowest BCUT2D eigenvalue weighted by Crippen LogP contribution is -2.45. The highest BCUT2D eigenvalue weighted by Crippen LogP contribution is 2.35. The van der Waals surface area contributed by atoms with Gasteiger partial charge in [0.05, 0.1) is 12.5 Å². The first-order chi connectivity index (χ1) is 7.89. The Kier molecular flexibility index (Phi) is 3.25. The van der Waals surface area contributed by atoms with Crippen LogP contribution >= 0.6 is 0 Å². The molecule has 1 unspecified atom stereocenters. The highest BCUT2D eigenvalue weighted by molar-refractivity contribution is 6.05. The number of carbonyl (C=O) groups is 2.